The van der Waals surface area contributed by atoms with Gasteiger partial charge in [0.05, 0.1) is 11.6 Å². The van der Waals surface area contributed by atoms with Crippen LogP contribution in [0, 0.1) is 5.92 Å². The summed E-state index contributed by atoms with van der Waals surface area (Å²) < 4.78 is 0.922. The third kappa shape index (κ3) is 2.93. The molecule has 0 aliphatic carbocycles. The molecule has 0 spiro atoms. The fourth-order valence-corrected chi connectivity index (χ4v) is 2.37. The summed E-state index contributed by atoms with van der Waals surface area (Å²) in [5, 5.41) is 2.97. The fraction of sp³-hybridized carbons (Fsp3) is 0.500. The van der Waals surface area contributed by atoms with Crippen molar-refractivity contribution in [2.45, 2.75) is 26.3 Å². The number of nitrogens with one attached hydrogen (secondary N) is 1. The minimum Gasteiger partial charge on any atom is -0.325 e. The van der Waals surface area contributed by atoms with E-state index in [0.717, 1.165) is 23.2 Å². The van der Waals surface area contributed by atoms with Gasteiger partial charge in [-0.3, -0.25) is 9.69 Å². The zero-order valence-electron chi connectivity index (χ0n) is 11.0. The van der Waals surface area contributed by atoms with Gasteiger partial charge >= 0.3 is 0 Å². The molecule has 1 aliphatic heterocycles. The number of para-hydroxylation sites is 1. The second-order valence-electron chi connectivity index (χ2n) is 5.74. The van der Waals surface area contributed by atoms with E-state index in [4.69, 9.17) is 0 Å². The summed E-state index contributed by atoms with van der Waals surface area (Å²) in [6, 6.07) is 7.69. The molecule has 1 fully saturated rings. The second-order valence-corrected chi connectivity index (χ2v) is 6.60. The molecular weight excluding hydrogens is 292 g/mol. The Morgan fingerprint density at radius 3 is 2.50 bits per heavy atom. The van der Waals surface area contributed by atoms with E-state index in [2.05, 4.69) is 46.9 Å². The maximum absolute atomic E-state index is 12.1. The summed E-state index contributed by atoms with van der Waals surface area (Å²) in [4.78, 5) is 14.4. The van der Waals surface area contributed by atoms with E-state index in [1.165, 1.54) is 0 Å². The van der Waals surface area contributed by atoms with Crippen LogP contribution in [0.5, 0.6) is 0 Å². The van der Waals surface area contributed by atoms with Gasteiger partial charge in [0.15, 0.2) is 0 Å². The van der Waals surface area contributed by atoms with Crippen LogP contribution in [0.2, 0.25) is 0 Å². The van der Waals surface area contributed by atoms with E-state index in [0.29, 0.717) is 0 Å². The maximum Gasteiger partial charge on any atom is 0.230 e. The predicted octanol–water partition coefficient (Wildman–Crippen LogP) is 3.12. The van der Waals surface area contributed by atoms with E-state index in [1.807, 2.05) is 24.3 Å². The van der Waals surface area contributed by atoms with Gasteiger partial charge in [-0.05, 0) is 48.8 Å². The number of anilines is 1. The third-order valence-corrected chi connectivity index (χ3v) is 4.02. The Balaban J connectivity index is 1.90. The highest BCUT2D eigenvalue weighted by Crippen LogP contribution is 2.27. The lowest BCUT2D eigenvalue weighted by Gasteiger charge is -2.46. The average molecular weight is 311 g/mol. The van der Waals surface area contributed by atoms with Crippen molar-refractivity contribution in [3.05, 3.63) is 28.7 Å². The number of carbonyl (C=O) groups is 1. The molecule has 1 saturated heterocycles. The molecule has 2 rings (SSSR count). The topological polar surface area (TPSA) is 32.3 Å². The molecule has 0 unspecified atom stereocenters. The molecule has 0 saturated carbocycles. The van der Waals surface area contributed by atoms with Gasteiger partial charge in [0.2, 0.25) is 5.91 Å². The van der Waals surface area contributed by atoms with Crippen LogP contribution in [-0.2, 0) is 4.79 Å². The summed E-state index contributed by atoms with van der Waals surface area (Å²) in [6.07, 6.45) is 0. The van der Waals surface area contributed by atoms with Gasteiger partial charge in [-0.15, -0.1) is 0 Å². The Labute approximate surface area is 117 Å². The van der Waals surface area contributed by atoms with Crippen LogP contribution < -0.4 is 5.32 Å². The lowest BCUT2D eigenvalue weighted by atomic mass is 9.92. The van der Waals surface area contributed by atoms with Crippen LogP contribution in [-0.4, -0.2) is 29.4 Å². The summed E-state index contributed by atoms with van der Waals surface area (Å²) in [6.45, 7) is 8.22. The van der Waals surface area contributed by atoms with Gasteiger partial charge < -0.3 is 5.32 Å². The predicted molar refractivity (Wildman–Crippen MR) is 77.6 cm³/mol. The van der Waals surface area contributed by atoms with Crippen molar-refractivity contribution in [3.8, 4) is 0 Å². The second kappa shape index (κ2) is 5.02. The summed E-state index contributed by atoms with van der Waals surface area (Å²) in [5.74, 6) is 0.221. The SMILES string of the molecule is CC(C)(C)N1CC(C(=O)Nc2ccccc2Br)C1. The number of hydrogen-bond acceptors (Lipinski definition) is 2. The molecule has 0 radical (unpaired) electrons. The van der Waals surface area contributed by atoms with Crippen molar-refractivity contribution in [1.29, 1.82) is 0 Å². The average Bonchev–Trinajstić information content (AvgIpc) is 2.16. The molecular formula is C14H19BrN2O. The molecule has 1 aromatic carbocycles. The van der Waals surface area contributed by atoms with Crippen molar-refractivity contribution in [3.63, 3.8) is 0 Å². The van der Waals surface area contributed by atoms with Crippen LogP contribution in [0.4, 0.5) is 5.69 Å². The van der Waals surface area contributed by atoms with E-state index >= 15 is 0 Å². The highest BCUT2D eigenvalue weighted by atomic mass is 79.9. The van der Waals surface area contributed by atoms with Gasteiger partial charge in [-0.25, -0.2) is 0 Å². The minimum absolute atomic E-state index is 0.108. The van der Waals surface area contributed by atoms with Gasteiger partial charge in [0.25, 0.3) is 0 Å². The van der Waals surface area contributed by atoms with Gasteiger partial charge in [-0.1, -0.05) is 12.1 Å². The normalized spacial score (nSPS) is 17.3. The molecule has 0 atom stereocenters. The Morgan fingerprint density at radius 2 is 1.94 bits per heavy atom. The van der Waals surface area contributed by atoms with Crippen molar-refractivity contribution < 1.29 is 4.79 Å². The Morgan fingerprint density at radius 1 is 1.33 bits per heavy atom. The molecule has 1 N–H and O–H groups in total. The number of likely N-dealkylation sites (tertiary alicyclic amines) is 1. The van der Waals surface area contributed by atoms with E-state index < -0.39 is 0 Å². The van der Waals surface area contributed by atoms with Crippen LogP contribution in [0.3, 0.4) is 0 Å². The van der Waals surface area contributed by atoms with Crippen LogP contribution in [0.15, 0.2) is 28.7 Å². The number of halogens is 1. The Bertz CT molecular complexity index is 447. The van der Waals surface area contributed by atoms with Crippen molar-refractivity contribution in [2.75, 3.05) is 18.4 Å². The number of rotatable bonds is 2. The lowest BCUT2D eigenvalue weighted by molar-refractivity contribution is -0.127. The maximum atomic E-state index is 12.1. The van der Waals surface area contributed by atoms with Crippen molar-refractivity contribution in [2.24, 2.45) is 5.92 Å². The molecule has 98 valence electrons. The molecule has 1 amide bonds. The molecule has 1 aromatic rings. The van der Waals surface area contributed by atoms with Gasteiger partial charge in [0.1, 0.15) is 0 Å². The molecule has 4 heteroatoms. The first-order chi connectivity index (χ1) is 8.38. The van der Waals surface area contributed by atoms with Gasteiger partial charge in [0, 0.05) is 23.1 Å². The summed E-state index contributed by atoms with van der Waals surface area (Å²) in [7, 11) is 0. The fourth-order valence-electron chi connectivity index (χ4n) is 1.99. The number of hydrogen-bond donors (Lipinski definition) is 1. The zero-order valence-corrected chi connectivity index (χ0v) is 12.6. The monoisotopic (exact) mass is 310 g/mol. The van der Waals surface area contributed by atoms with Crippen LogP contribution >= 0.6 is 15.9 Å². The molecule has 1 aliphatic rings. The molecule has 1 heterocycles. The number of amides is 1. The Kier molecular flexibility index (Phi) is 3.78. The van der Waals surface area contributed by atoms with Crippen molar-refractivity contribution >= 4 is 27.5 Å². The molecule has 0 bridgehead atoms. The van der Waals surface area contributed by atoms with Crippen LogP contribution in [0.1, 0.15) is 20.8 Å². The lowest BCUT2D eigenvalue weighted by Crippen LogP contribution is -2.59. The van der Waals surface area contributed by atoms with E-state index in [-0.39, 0.29) is 17.4 Å². The van der Waals surface area contributed by atoms with Crippen molar-refractivity contribution in [1.82, 2.24) is 4.90 Å². The third-order valence-electron chi connectivity index (χ3n) is 3.33. The molecule has 18 heavy (non-hydrogen) atoms. The first-order valence-corrected chi connectivity index (χ1v) is 6.97. The number of carbonyl (C=O) groups excluding carboxylic acids is 1. The zero-order chi connectivity index (χ0) is 13.3. The van der Waals surface area contributed by atoms with Crippen LogP contribution in [0.25, 0.3) is 0 Å². The van der Waals surface area contributed by atoms with Gasteiger partial charge in [-0.2, -0.15) is 0 Å². The highest BCUT2D eigenvalue weighted by Gasteiger charge is 2.38. The van der Waals surface area contributed by atoms with E-state index in [1.54, 1.807) is 0 Å². The quantitative estimate of drug-likeness (QED) is 0.910. The largest absolute Gasteiger partial charge is 0.325 e. The highest BCUT2D eigenvalue weighted by molar-refractivity contribution is 9.10. The first kappa shape index (κ1) is 13.6. The standard InChI is InChI=1S/C14H19BrN2O/c1-14(2,3)17-8-10(9-17)13(18)16-12-7-5-4-6-11(12)15/h4-7,10H,8-9H2,1-3H3,(H,16,18). The first-order valence-electron chi connectivity index (χ1n) is 6.18. The number of nitrogens with zero attached hydrogens (tertiary/aromatic N) is 1. The summed E-state index contributed by atoms with van der Waals surface area (Å²) >= 11 is 3.43. The minimum atomic E-state index is 0.108. The summed E-state index contributed by atoms with van der Waals surface area (Å²) in [5.41, 5.74) is 1.00. The molecule has 0 aromatic heterocycles. The Hall–Kier alpha value is -0.870. The van der Waals surface area contributed by atoms with E-state index in [9.17, 15) is 4.79 Å². The smallest absolute Gasteiger partial charge is 0.230 e. The molecule has 3 nitrogen and oxygen atoms in total. The number of benzene rings is 1.